The van der Waals surface area contributed by atoms with E-state index in [9.17, 15) is 4.79 Å². The molecule has 0 aromatic rings. The van der Waals surface area contributed by atoms with Crippen molar-refractivity contribution in [1.82, 2.24) is 0 Å². The first-order valence-electron chi connectivity index (χ1n) is 4.36. The number of carbonyl (C=O) groups is 1. The van der Waals surface area contributed by atoms with Crippen LogP contribution in [0.5, 0.6) is 0 Å². The van der Waals surface area contributed by atoms with Gasteiger partial charge in [-0.1, -0.05) is 0 Å². The number of ether oxygens (including phenoxy) is 4. The first-order chi connectivity index (χ1) is 6.27. The maximum atomic E-state index is 11.4. The molecule has 0 atom stereocenters. The third-order valence-electron chi connectivity index (χ3n) is 2.05. The lowest BCUT2D eigenvalue weighted by molar-refractivity contribution is -0.428. The highest BCUT2D eigenvalue weighted by Gasteiger charge is 2.52. The van der Waals surface area contributed by atoms with Crippen LogP contribution in [0.15, 0.2) is 0 Å². The Bertz CT molecular complexity index is 193. The summed E-state index contributed by atoms with van der Waals surface area (Å²) in [5.41, 5.74) is 0. The number of carbonyl (C=O) groups excluding carboxylic acids is 1. The molecule has 0 saturated carbocycles. The summed E-state index contributed by atoms with van der Waals surface area (Å²) in [6, 6.07) is 0. The van der Waals surface area contributed by atoms with Crippen molar-refractivity contribution in [2.45, 2.75) is 12.9 Å². The molecule has 13 heavy (non-hydrogen) atoms. The number of hydrogen-bond acceptors (Lipinski definition) is 5. The zero-order valence-corrected chi connectivity index (χ0v) is 7.45. The van der Waals surface area contributed by atoms with Gasteiger partial charge < -0.3 is 18.9 Å². The van der Waals surface area contributed by atoms with Crippen LogP contribution in [0.1, 0.15) is 6.92 Å². The second-order valence-electron chi connectivity index (χ2n) is 3.08. The molecular formula is C8H12O5. The van der Waals surface area contributed by atoms with Crippen LogP contribution in [-0.2, 0) is 23.7 Å². The molecule has 0 aromatic carbocycles. The highest BCUT2D eigenvalue weighted by molar-refractivity contribution is 5.76. The van der Waals surface area contributed by atoms with Crippen molar-refractivity contribution < 1.29 is 23.7 Å². The van der Waals surface area contributed by atoms with Gasteiger partial charge in [0.25, 0.3) is 0 Å². The summed E-state index contributed by atoms with van der Waals surface area (Å²) in [6.07, 6.45) is 0. The summed E-state index contributed by atoms with van der Waals surface area (Å²) >= 11 is 0. The lowest BCUT2D eigenvalue weighted by atomic mass is 10.1. The van der Waals surface area contributed by atoms with Crippen molar-refractivity contribution in [2.24, 2.45) is 5.92 Å². The van der Waals surface area contributed by atoms with Gasteiger partial charge in [-0.25, -0.2) is 4.79 Å². The highest BCUT2D eigenvalue weighted by Crippen LogP contribution is 2.31. The molecule has 0 unspecified atom stereocenters. The SMILES string of the molecule is CCOC(=O)C12OCC(CO1)CO2. The first-order valence-corrected chi connectivity index (χ1v) is 4.36. The van der Waals surface area contributed by atoms with E-state index in [1.54, 1.807) is 6.92 Å². The summed E-state index contributed by atoms with van der Waals surface area (Å²) in [4.78, 5) is 11.4. The monoisotopic (exact) mass is 188 g/mol. The van der Waals surface area contributed by atoms with Crippen molar-refractivity contribution in [1.29, 1.82) is 0 Å². The fourth-order valence-corrected chi connectivity index (χ4v) is 1.35. The van der Waals surface area contributed by atoms with Crippen molar-refractivity contribution in [3.8, 4) is 0 Å². The summed E-state index contributed by atoms with van der Waals surface area (Å²) in [5.74, 6) is -1.91. The molecule has 3 heterocycles. The van der Waals surface area contributed by atoms with Crippen LogP contribution in [0, 0.1) is 5.92 Å². The van der Waals surface area contributed by atoms with E-state index in [-0.39, 0.29) is 5.92 Å². The number of rotatable bonds is 2. The molecule has 5 heteroatoms. The minimum atomic E-state index is -1.56. The lowest BCUT2D eigenvalue weighted by Crippen LogP contribution is -2.59. The lowest BCUT2D eigenvalue weighted by Gasteiger charge is -2.42. The third kappa shape index (κ3) is 1.43. The second kappa shape index (κ2) is 3.25. The molecule has 0 radical (unpaired) electrons. The van der Waals surface area contributed by atoms with Crippen molar-refractivity contribution in [3.05, 3.63) is 0 Å². The molecule has 5 nitrogen and oxygen atoms in total. The van der Waals surface area contributed by atoms with Crippen LogP contribution in [0.3, 0.4) is 0 Å². The van der Waals surface area contributed by atoms with E-state index in [2.05, 4.69) is 0 Å². The van der Waals surface area contributed by atoms with Crippen LogP contribution in [-0.4, -0.2) is 38.4 Å². The fraction of sp³-hybridized carbons (Fsp3) is 0.875. The maximum absolute atomic E-state index is 11.4. The zero-order valence-electron chi connectivity index (χ0n) is 7.45. The first kappa shape index (κ1) is 8.93. The zero-order chi connectivity index (χ0) is 9.31. The quantitative estimate of drug-likeness (QED) is 0.566. The molecule has 3 fully saturated rings. The summed E-state index contributed by atoms with van der Waals surface area (Å²) in [7, 11) is 0. The van der Waals surface area contributed by atoms with Crippen LogP contribution < -0.4 is 0 Å². The number of hydrogen-bond donors (Lipinski definition) is 0. The van der Waals surface area contributed by atoms with Crippen molar-refractivity contribution in [2.75, 3.05) is 26.4 Å². The predicted molar refractivity (Wildman–Crippen MR) is 40.7 cm³/mol. The molecule has 3 aliphatic rings. The Kier molecular flexibility index (Phi) is 2.23. The van der Waals surface area contributed by atoms with Gasteiger partial charge in [0, 0.05) is 5.92 Å². The summed E-state index contributed by atoms with van der Waals surface area (Å²) in [5, 5.41) is 0. The van der Waals surface area contributed by atoms with E-state index < -0.39 is 11.9 Å². The molecule has 0 N–H and O–H groups in total. The number of esters is 1. The predicted octanol–water partition coefficient (Wildman–Crippen LogP) is -0.104. The molecule has 0 amide bonds. The molecule has 3 rings (SSSR count). The second-order valence-corrected chi connectivity index (χ2v) is 3.08. The average Bonchev–Trinajstić information content (AvgIpc) is 2.21. The van der Waals surface area contributed by atoms with E-state index >= 15 is 0 Å². The molecule has 2 bridgehead atoms. The van der Waals surface area contributed by atoms with E-state index in [1.165, 1.54) is 0 Å². The third-order valence-corrected chi connectivity index (χ3v) is 2.05. The molecule has 0 aliphatic carbocycles. The molecule has 0 aromatic heterocycles. The van der Waals surface area contributed by atoms with E-state index in [1.807, 2.05) is 0 Å². The Balaban J connectivity index is 2.05. The van der Waals surface area contributed by atoms with Crippen LogP contribution in [0.2, 0.25) is 0 Å². The van der Waals surface area contributed by atoms with Gasteiger partial charge in [-0.2, -0.15) is 0 Å². The molecule has 3 saturated heterocycles. The molecule has 3 aliphatic heterocycles. The van der Waals surface area contributed by atoms with Gasteiger partial charge in [0.15, 0.2) is 0 Å². The Morgan fingerprint density at radius 1 is 1.38 bits per heavy atom. The van der Waals surface area contributed by atoms with Crippen molar-refractivity contribution >= 4 is 5.97 Å². The van der Waals surface area contributed by atoms with Crippen LogP contribution in [0.4, 0.5) is 0 Å². The largest absolute Gasteiger partial charge is 0.460 e. The van der Waals surface area contributed by atoms with E-state index in [0.29, 0.717) is 26.4 Å². The summed E-state index contributed by atoms with van der Waals surface area (Å²) in [6.45, 7) is 3.51. The Morgan fingerprint density at radius 2 is 1.92 bits per heavy atom. The standard InChI is InChI=1S/C8H12O5/c1-2-10-7(9)8-11-3-6(4-12-8)5-13-8/h6H,2-5H2,1H3. The normalized spacial score (nSPS) is 37.5. The average molecular weight is 188 g/mol. The Morgan fingerprint density at radius 3 is 2.38 bits per heavy atom. The van der Waals surface area contributed by atoms with Crippen LogP contribution in [0.25, 0.3) is 0 Å². The van der Waals surface area contributed by atoms with Gasteiger partial charge >= 0.3 is 11.9 Å². The number of fused-ring (bicyclic) bond motifs is 3. The minimum absolute atomic E-state index is 0.247. The van der Waals surface area contributed by atoms with Gasteiger partial charge in [0.05, 0.1) is 26.4 Å². The van der Waals surface area contributed by atoms with Crippen LogP contribution >= 0.6 is 0 Å². The topological polar surface area (TPSA) is 54.0 Å². The van der Waals surface area contributed by atoms with Gasteiger partial charge in [-0.05, 0) is 6.92 Å². The van der Waals surface area contributed by atoms with Gasteiger partial charge in [-0.15, -0.1) is 0 Å². The summed E-state index contributed by atoms with van der Waals surface area (Å²) < 4.78 is 20.3. The van der Waals surface area contributed by atoms with E-state index in [0.717, 1.165) is 0 Å². The van der Waals surface area contributed by atoms with E-state index in [4.69, 9.17) is 18.9 Å². The van der Waals surface area contributed by atoms with Gasteiger partial charge in [0.2, 0.25) is 0 Å². The minimum Gasteiger partial charge on any atom is -0.460 e. The fourth-order valence-electron chi connectivity index (χ4n) is 1.35. The van der Waals surface area contributed by atoms with Gasteiger partial charge in [0.1, 0.15) is 0 Å². The maximum Gasteiger partial charge on any atom is 0.398 e. The molecule has 0 spiro atoms. The molecular weight excluding hydrogens is 176 g/mol. The Labute approximate surface area is 75.9 Å². The van der Waals surface area contributed by atoms with Gasteiger partial charge in [-0.3, -0.25) is 0 Å². The smallest absolute Gasteiger partial charge is 0.398 e. The highest BCUT2D eigenvalue weighted by atomic mass is 16.9. The molecule has 74 valence electrons. The Hall–Kier alpha value is -0.650. The van der Waals surface area contributed by atoms with Crippen molar-refractivity contribution in [3.63, 3.8) is 0 Å².